The summed E-state index contributed by atoms with van der Waals surface area (Å²) in [6.45, 7) is 2.84. The summed E-state index contributed by atoms with van der Waals surface area (Å²) in [4.78, 5) is 30.0. The largest absolute Gasteiger partial charge is 0.496 e. The number of methoxy groups -OCH3 is 2. The summed E-state index contributed by atoms with van der Waals surface area (Å²) < 4.78 is 10.7. The van der Waals surface area contributed by atoms with Crippen LogP contribution in [0.3, 0.4) is 0 Å². The monoisotopic (exact) mass is 389 g/mol. The average molecular weight is 389 g/mol. The number of benzene rings is 1. The molecule has 1 N–H and O–H groups in total. The van der Waals surface area contributed by atoms with Crippen molar-refractivity contribution < 1.29 is 19.1 Å². The molecule has 0 saturated carbocycles. The first-order valence-corrected chi connectivity index (χ1v) is 9.95. The van der Waals surface area contributed by atoms with Crippen LogP contribution in [0.1, 0.15) is 30.9 Å². The van der Waals surface area contributed by atoms with Gasteiger partial charge in [0.2, 0.25) is 11.8 Å². The quantitative estimate of drug-likeness (QED) is 0.764. The number of nitrogens with one attached hydrogen (secondary N) is 1. The smallest absolute Gasteiger partial charge is 0.226 e. The Bertz CT molecular complexity index is 688. The van der Waals surface area contributed by atoms with Crippen molar-refractivity contribution in [2.24, 2.45) is 5.92 Å². The Morgan fingerprint density at radius 3 is 2.61 bits per heavy atom. The minimum absolute atomic E-state index is 0.0171. The molecule has 2 aliphatic heterocycles. The number of nitrogens with zero attached hydrogens (tertiary/aromatic N) is 2. The minimum atomic E-state index is -0.430. The fraction of sp³-hybridized carbons (Fsp3) is 0.619. The summed E-state index contributed by atoms with van der Waals surface area (Å²) in [6, 6.07) is 7.46. The van der Waals surface area contributed by atoms with Gasteiger partial charge in [-0.1, -0.05) is 18.2 Å². The van der Waals surface area contributed by atoms with E-state index in [-0.39, 0.29) is 30.3 Å². The average Bonchev–Trinajstić information content (AvgIpc) is 3.04. The second-order valence-corrected chi connectivity index (χ2v) is 7.66. The van der Waals surface area contributed by atoms with E-state index in [0.29, 0.717) is 18.9 Å². The molecule has 0 radical (unpaired) electrons. The third kappa shape index (κ3) is 4.47. The van der Waals surface area contributed by atoms with Crippen LogP contribution in [0.15, 0.2) is 24.3 Å². The van der Waals surface area contributed by atoms with E-state index >= 15 is 0 Å². The summed E-state index contributed by atoms with van der Waals surface area (Å²) in [5.74, 6) is 0.206. The number of amides is 2. The maximum Gasteiger partial charge on any atom is 0.226 e. The van der Waals surface area contributed by atoms with Crippen molar-refractivity contribution in [3.8, 4) is 5.75 Å². The van der Waals surface area contributed by atoms with Crippen molar-refractivity contribution in [3.05, 3.63) is 29.8 Å². The van der Waals surface area contributed by atoms with Crippen LogP contribution in [0.4, 0.5) is 0 Å². The predicted octanol–water partition coefficient (Wildman–Crippen LogP) is 1.44. The summed E-state index contributed by atoms with van der Waals surface area (Å²) in [7, 11) is 5.32. The van der Waals surface area contributed by atoms with Gasteiger partial charge < -0.3 is 24.6 Å². The first-order chi connectivity index (χ1) is 13.5. The zero-order valence-electron chi connectivity index (χ0n) is 17.0. The van der Waals surface area contributed by atoms with Crippen molar-refractivity contribution >= 4 is 11.8 Å². The second-order valence-electron chi connectivity index (χ2n) is 7.66. The van der Waals surface area contributed by atoms with Gasteiger partial charge >= 0.3 is 0 Å². The van der Waals surface area contributed by atoms with Crippen molar-refractivity contribution in [2.45, 2.75) is 31.3 Å². The zero-order valence-corrected chi connectivity index (χ0v) is 17.0. The Balaban J connectivity index is 1.83. The number of piperidine rings is 1. The Hall–Kier alpha value is -2.12. The van der Waals surface area contributed by atoms with Crippen molar-refractivity contribution in [3.63, 3.8) is 0 Å². The molecule has 1 aromatic rings. The summed E-state index contributed by atoms with van der Waals surface area (Å²) >= 11 is 0. The second kappa shape index (κ2) is 9.39. The number of hydrogen-bond acceptors (Lipinski definition) is 5. The molecule has 2 fully saturated rings. The van der Waals surface area contributed by atoms with Gasteiger partial charge in [0.1, 0.15) is 5.75 Å². The predicted molar refractivity (Wildman–Crippen MR) is 106 cm³/mol. The molecule has 154 valence electrons. The molecule has 2 atom stereocenters. The van der Waals surface area contributed by atoms with E-state index in [4.69, 9.17) is 9.47 Å². The van der Waals surface area contributed by atoms with Gasteiger partial charge in [-0.05, 0) is 39.0 Å². The van der Waals surface area contributed by atoms with E-state index in [1.165, 1.54) is 0 Å². The molecule has 2 amide bonds. The van der Waals surface area contributed by atoms with E-state index in [0.717, 1.165) is 31.5 Å². The lowest BCUT2D eigenvalue weighted by molar-refractivity contribution is -0.129. The van der Waals surface area contributed by atoms with Gasteiger partial charge in [-0.2, -0.15) is 0 Å². The molecule has 7 heteroatoms. The minimum Gasteiger partial charge on any atom is -0.496 e. The number of ether oxygens (including phenoxy) is 2. The molecule has 0 bridgehead atoms. The van der Waals surface area contributed by atoms with E-state index in [1.54, 1.807) is 19.1 Å². The fourth-order valence-electron chi connectivity index (χ4n) is 4.24. The molecule has 0 aromatic heterocycles. The Morgan fingerprint density at radius 2 is 1.93 bits per heavy atom. The highest BCUT2D eigenvalue weighted by Crippen LogP contribution is 2.41. The molecule has 1 aromatic carbocycles. The summed E-state index contributed by atoms with van der Waals surface area (Å²) in [5.41, 5.74) is 0.871. The molecule has 2 aliphatic rings. The first-order valence-electron chi connectivity index (χ1n) is 9.95. The third-order valence-electron chi connectivity index (χ3n) is 5.83. The standard InChI is InChI=1S/C21H31N3O4/c1-23-10-8-15(9-11-23)22-21(26)17-14-19(25)24(12-13-27-2)20(17)16-6-4-5-7-18(16)28-3/h4-7,15,17,20H,8-14H2,1-3H3,(H,22,26)/t17-,20+/m1/s1. The van der Waals surface area contributed by atoms with Crippen LogP contribution in [0.25, 0.3) is 0 Å². The number of rotatable bonds is 7. The van der Waals surface area contributed by atoms with Crippen molar-refractivity contribution in [2.75, 3.05) is 47.5 Å². The van der Waals surface area contributed by atoms with Crippen LogP contribution in [0.5, 0.6) is 5.75 Å². The van der Waals surface area contributed by atoms with E-state index in [1.807, 2.05) is 24.3 Å². The molecular weight excluding hydrogens is 358 g/mol. The number of hydrogen-bond donors (Lipinski definition) is 1. The van der Waals surface area contributed by atoms with Crippen LogP contribution < -0.4 is 10.1 Å². The first kappa shape index (κ1) is 20.6. The van der Waals surface area contributed by atoms with Gasteiger partial charge in [0.25, 0.3) is 0 Å². The molecule has 0 unspecified atom stereocenters. The normalized spacial score (nSPS) is 23.8. The molecular formula is C21H31N3O4. The van der Waals surface area contributed by atoms with Gasteiger partial charge in [-0.25, -0.2) is 0 Å². The molecule has 7 nitrogen and oxygen atoms in total. The van der Waals surface area contributed by atoms with E-state index in [9.17, 15) is 9.59 Å². The number of likely N-dealkylation sites (tertiary alicyclic amines) is 2. The lowest BCUT2D eigenvalue weighted by Gasteiger charge is -2.32. The zero-order chi connectivity index (χ0) is 20.1. The van der Waals surface area contributed by atoms with Crippen LogP contribution in [-0.2, 0) is 14.3 Å². The van der Waals surface area contributed by atoms with Gasteiger partial charge in [-0.15, -0.1) is 0 Å². The fourth-order valence-corrected chi connectivity index (χ4v) is 4.24. The Kier molecular flexibility index (Phi) is 6.91. The number of carbonyl (C=O) groups is 2. The molecule has 2 heterocycles. The van der Waals surface area contributed by atoms with Crippen LogP contribution in [0.2, 0.25) is 0 Å². The highest BCUT2D eigenvalue weighted by Gasteiger charge is 2.45. The van der Waals surface area contributed by atoms with Gasteiger partial charge in [-0.3, -0.25) is 9.59 Å². The topological polar surface area (TPSA) is 71.1 Å². The molecule has 28 heavy (non-hydrogen) atoms. The molecule has 2 saturated heterocycles. The van der Waals surface area contributed by atoms with Gasteiger partial charge in [0.05, 0.1) is 25.7 Å². The van der Waals surface area contributed by atoms with Crippen LogP contribution in [-0.4, -0.2) is 75.2 Å². The highest BCUT2D eigenvalue weighted by atomic mass is 16.5. The van der Waals surface area contributed by atoms with Crippen molar-refractivity contribution in [1.29, 1.82) is 0 Å². The molecule has 3 rings (SSSR count). The van der Waals surface area contributed by atoms with Gasteiger partial charge in [0, 0.05) is 31.7 Å². The molecule has 0 spiro atoms. The maximum absolute atomic E-state index is 13.2. The highest BCUT2D eigenvalue weighted by molar-refractivity contribution is 5.90. The summed E-state index contributed by atoms with van der Waals surface area (Å²) in [6.07, 6.45) is 2.09. The lowest BCUT2D eigenvalue weighted by Crippen LogP contribution is -2.46. The molecule has 0 aliphatic carbocycles. The maximum atomic E-state index is 13.2. The van der Waals surface area contributed by atoms with Gasteiger partial charge in [0.15, 0.2) is 0 Å². The number of para-hydroxylation sites is 1. The summed E-state index contributed by atoms with van der Waals surface area (Å²) in [5, 5.41) is 3.20. The number of carbonyl (C=O) groups excluding carboxylic acids is 2. The van der Waals surface area contributed by atoms with Crippen LogP contribution in [0, 0.1) is 5.92 Å². The Morgan fingerprint density at radius 1 is 1.21 bits per heavy atom. The SMILES string of the molecule is COCCN1C(=O)C[C@@H](C(=O)NC2CCN(C)CC2)[C@@H]1c1ccccc1OC. The third-order valence-corrected chi connectivity index (χ3v) is 5.83. The van der Waals surface area contributed by atoms with E-state index in [2.05, 4.69) is 17.3 Å². The van der Waals surface area contributed by atoms with Crippen molar-refractivity contribution in [1.82, 2.24) is 15.1 Å². The van der Waals surface area contributed by atoms with E-state index < -0.39 is 5.92 Å². The Labute approximate surface area is 167 Å². The lowest BCUT2D eigenvalue weighted by atomic mass is 9.91. The van der Waals surface area contributed by atoms with Crippen LogP contribution >= 0.6 is 0 Å².